The molecule has 0 aliphatic carbocycles. The number of H-pyrrole nitrogens is 1. The van der Waals surface area contributed by atoms with Gasteiger partial charge in [0.15, 0.2) is 5.82 Å². The fourth-order valence-electron chi connectivity index (χ4n) is 2.91. The Morgan fingerprint density at radius 1 is 1.07 bits per heavy atom. The van der Waals surface area contributed by atoms with Gasteiger partial charge in [0.25, 0.3) is 5.56 Å². The van der Waals surface area contributed by atoms with Gasteiger partial charge in [0.2, 0.25) is 5.91 Å². The summed E-state index contributed by atoms with van der Waals surface area (Å²) in [6.45, 7) is 1.22. The van der Waals surface area contributed by atoms with Crippen molar-refractivity contribution in [2.45, 2.75) is 19.3 Å². The third kappa shape index (κ3) is 5.09. The monoisotopic (exact) mass is 380 g/mol. The van der Waals surface area contributed by atoms with Crippen LogP contribution in [0.4, 0.5) is 5.82 Å². The zero-order chi connectivity index (χ0) is 19.8. The maximum atomic E-state index is 12.0. The van der Waals surface area contributed by atoms with E-state index in [0.29, 0.717) is 37.1 Å². The SMILES string of the molecule is COc1ccc(CCC(=O)NCCCNc2n[nH]c(=O)c3ccccc23)cc1. The van der Waals surface area contributed by atoms with Crippen LogP contribution in [0, 0.1) is 0 Å². The summed E-state index contributed by atoms with van der Waals surface area (Å²) < 4.78 is 5.13. The van der Waals surface area contributed by atoms with Gasteiger partial charge in [0, 0.05) is 24.9 Å². The molecule has 146 valence electrons. The molecule has 3 aromatic rings. The first kappa shape index (κ1) is 19.4. The Labute approximate surface area is 163 Å². The van der Waals surface area contributed by atoms with E-state index in [0.717, 1.165) is 23.1 Å². The molecule has 1 heterocycles. The molecule has 1 aromatic heterocycles. The van der Waals surface area contributed by atoms with Crippen LogP contribution in [0.2, 0.25) is 0 Å². The predicted molar refractivity (Wildman–Crippen MR) is 110 cm³/mol. The number of nitrogens with zero attached hydrogens (tertiary/aromatic N) is 1. The molecule has 3 rings (SSSR count). The van der Waals surface area contributed by atoms with E-state index in [-0.39, 0.29) is 11.5 Å². The Hall–Kier alpha value is -3.35. The summed E-state index contributed by atoms with van der Waals surface area (Å²) >= 11 is 0. The molecule has 28 heavy (non-hydrogen) atoms. The van der Waals surface area contributed by atoms with E-state index in [9.17, 15) is 9.59 Å². The molecule has 7 heteroatoms. The number of carbonyl (C=O) groups is 1. The van der Waals surface area contributed by atoms with Crippen LogP contribution in [0.15, 0.2) is 53.3 Å². The number of carbonyl (C=O) groups excluding carboxylic acids is 1. The van der Waals surface area contributed by atoms with E-state index in [1.807, 2.05) is 42.5 Å². The number of hydrogen-bond acceptors (Lipinski definition) is 5. The van der Waals surface area contributed by atoms with E-state index < -0.39 is 0 Å². The first-order valence-electron chi connectivity index (χ1n) is 9.28. The number of nitrogens with one attached hydrogen (secondary N) is 3. The van der Waals surface area contributed by atoms with Crippen LogP contribution in [0.3, 0.4) is 0 Å². The van der Waals surface area contributed by atoms with Crippen LogP contribution < -0.4 is 20.9 Å². The Kier molecular flexibility index (Phi) is 6.62. The second-order valence-electron chi connectivity index (χ2n) is 6.43. The van der Waals surface area contributed by atoms with Gasteiger partial charge in [-0.3, -0.25) is 9.59 Å². The van der Waals surface area contributed by atoms with E-state index in [4.69, 9.17) is 4.74 Å². The zero-order valence-electron chi connectivity index (χ0n) is 15.8. The summed E-state index contributed by atoms with van der Waals surface area (Å²) in [5, 5.41) is 14.1. The van der Waals surface area contributed by atoms with Crippen LogP contribution in [0.25, 0.3) is 10.8 Å². The molecule has 3 N–H and O–H groups in total. The maximum absolute atomic E-state index is 12.0. The average molecular weight is 380 g/mol. The Balaban J connectivity index is 1.38. The first-order chi connectivity index (χ1) is 13.7. The summed E-state index contributed by atoms with van der Waals surface area (Å²) in [6, 6.07) is 15.1. The molecule has 0 unspecified atom stereocenters. The fourth-order valence-corrected chi connectivity index (χ4v) is 2.91. The van der Waals surface area contributed by atoms with Crippen molar-refractivity contribution in [2.75, 3.05) is 25.5 Å². The molecule has 2 aromatic carbocycles. The van der Waals surface area contributed by atoms with Crippen LogP contribution in [0.1, 0.15) is 18.4 Å². The minimum Gasteiger partial charge on any atom is -0.497 e. The average Bonchev–Trinajstić information content (AvgIpc) is 2.74. The Morgan fingerprint density at radius 3 is 2.57 bits per heavy atom. The molecular formula is C21H24N4O3. The van der Waals surface area contributed by atoms with Gasteiger partial charge in [-0.2, -0.15) is 5.10 Å². The molecule has 1 amide bonds. The largest absolute Gasteiger partial charge is 0.497 e. The lowest BCUT2D eigenvalue weighted by atomic mass is 10.1. The van der Waals surface area contributed by atoms with Gasteiger partial charge in [-0.1, -0.05) is 30.3 Å². The van der Waals surface area contributed by atoms with Gasteiger partial charge in [-0.05, 0) is 36.6 Å². The van der Waals surface area contributed by atoms with E-state index >= 15 is 0 Å². The third-order valence-corrected chi connectivity index (χ3v) is 4.46. The van der Waals surface area contributed by atoms with Crippen molar-refractivity contribution < 1.29 is 9.53 Å². The van der Waals surface area contributed by atoms with Gasteiger partial charge >= 0.3 is 0 Å². The number of anilines is 1. The Bertz CT molecular complexity index is 983. The van der Waals surface area contributed by atoms with Gasteiger partial charge in [0.1, 0.15) is 5.75 Å². The number of benzene rings is 2. The number of aromatic nitrogens is 2. The van der Waals surface area contributed by atoms with Crippen molar-refractivity contribution >= 4 is 22.5 Å². The zero-order valence-corrected chi connectivity index (χ0v) is 15.8. The normalized spacial score (nSPS) is 10.6. The van der Waals surface area contributed by atoms with Crippen molar-refractivity contribution in [1.29, 1.82) is 0 Å². The van der Waals surface area contributed by atoms with Crippen molar-refractivity contribution in [2.24, 2.45) is 0 Å². The molecule has 0 atom stereocenters. The number of ether oxygens (including phenoxy) is 1. The minimum atomic E-state index is -0.203. The summed E-state index contributed by atoms with van der Waals surface area (Å²) in [4.78, 5) is 23.8. The number of aromatic amines is 1. The number of methoxy groups -OCH3 is 1. The molecule has 0 fully saturated rings. The Morgan fingerprint density at radius 2 is 1.82 bits per heavy atom. The number of hydrogen-bond donors (Lipinski definition) is 3. The molecular weight excluding hydrogens is 356 g/mol. The lowest BCUT2D eigenvalue weighted by Gasteiger charge is -2.09. The number of amides is 1. The number of aryl methyl sites for hydroxylation is 1. The molecule has 0 saturated carbocycles. The summed E-state index contributed by atoms with van der Waals surface area (Å²) in [7, 11) is 1.63. The molecule has 0 radical (unpaired) electrons. The predicted octanol–water partition coefficient (Wildman–Crippen LogP) is 2.48. The van der Waals surface area contributed by atoms with Crippen LogP contribution >= 0.6 is 0 Å². The maximum Gasteiger partial charge on any atom is 0.272 e. The summed E-state index contributed by atoms with van der Waals surface area (Å²) in [5.41, 5.74) is 0.902. The molecule has 0 bridgehead atoms. The van der Waals surface area contributed by atoms with Crippen molar-refractivity contribution in [3.8, 4) is 5.75 Å². The topological polar surface area (TPSA) is 96.1 Å². The van der Waals surface area contributed by atoms with Crippen molar-refractivity contribution in [1.82, 2.24) is 15.5 Å². The van der Waals surface area contributed by atoms with Gasteiger partial charge in [0.05, 0.1) is 12.5 Å². The highest BCUT2D eigenvalue weighted by Crippen LogP contribution is 2.16. The highest BCUT2D eigenvalue weighted by atomic mass is 16.5. The second kappa shape index (κ2) is 9.55. The lowest BCUT2D eigenvalue weighted by Crippen LogP contribution is -2.26. The molecule has 0 aliphatic rings. The molecule has 0 aliphatic heterocycles. The van der Waals surface area contributed by atoms with E-state index in [2.05, 4.69) is 20.8 Å². The van der Waals surface area contributed by atoms with Crippen LogP contribution in [-0.2, 0) is 11.2 Å². The third-order valence-electron chi connectivity index (χ3n) is 4.46. The first-order valence-corrected chi connectivity index (χ1v) is 9.28. The van der Waals surface area contributed by atoms with Crippen molar-refractivity contribution in [3.63, 3.8) is 0 Å². The summed E-state index contributed by atoms with van der Waals surface area (Å²) in [5.74, 6) is 1.48. The van der Waals surface area contributed by atoms with E-state index in [1.54, 1.807) is 13.2 Å². The van der Waals surface area contributed by atoms with Crippen LogP contribution in [-0.4, -0.2) is 36.3 Å². The highest BCUT2D eigenvalue weighted by Gasteiger charge is 2.05. The smallest absolute Gasteiger partial charge is 0.272 e. The molecule has 7 nitrogen and oxygen atoms in total. The molecule has 0 spiro atoms. The number of rotatable bonds is 9. The summed E-state index contributed by atoms with van der Waals surface area (Å²) in [6.07, 6.45) is 1.90. The fraction of sp³-hybridized carbons (Fsp3) is 0.286. The van der Waals surface area contributed by atoms with Gasteiger partial charge in [-0.15, -0.1) is 0 Å². The lowest BCUT2D eigenvalue weighted by molar-refractivity contribution is -0.121. The number of fused-ring (bicyclic) bond motifs is 1. The van der Waals surface area contributed by atoms with Gasteiger partial charge < -0.3 is 15.4 Å². The molecule has 0 saturated heterocycles. The van der Waals surface area contributed by atoms with Gasteiger partial charge in [-0.25, -0.2) is 5.10 Å². The quantitative estimate of drug-likeness (QED) is 0.496. The van der Waals surface area contributed by atoms with Crippen molar-refractivity contribution in [3.05, 3.63) is 64.4 Å². The second-order valence-corrected chi connectivity index (χ2v) is 6.43. The standard InChI is InChI=1S/C21H24N4O3/c1-28-16-10-7-15(8-11-16)9-12-19(26)22-13-4-14-23-20-17-5-2-3-6-18(17)21(27)25-24-20/h2-3,5-8,10-11H,4,9,12-14H2,1H3,(H,22,26)(H,23,24)(H,25,27). The minimum absolute atomic E-state index is 0.0310. The highest BCUT2D eigenvalue weighted by molar-refractivity contribution is 5.90. The van der Waals surface area contributed by atoms with E-state index in [1.165, 1.54) is 0 Å². The van der Waals surface area contributed by atoms with Crippen LogP contribution in [0.5, 0.6) is 5.75 Å².